The Hall–Kier alpha value is -3.41. The third kappa shape index (κ3) is 5.10. The van der Waals surface area contributed by atoms with Gasteiger partial charge in [0.15, 0.2) is 0 Å². The van der Waals surface area contributed by atoms with Crippen molar-refractivity contribution in [2.75, 3.05) is 10.6 Å². The van der Waals surface area contributed by atoms with Gasteiger partial charge in [-0.15, -0.1) is 0 Å². The number of ether oxygens (including phenoxy) is 1. The topological polar surface area (TPSA) is 76.1 Å². The number of carbonyl (C=O) groups is 1. The molecule has 0 atom stereocenters. The average Bonchev–Trinajstić information content (AvgIpc) is 2.66. The molecule has 150 valence electrons. The van der Waals surface area contributed by atoms with E-state index in [1.165, 1.54) is 0 Å². The van der Waals surface area contributed by atoms with Crippen LogP contribution in [0.5, 0.6) is 5.75 Å². The summed E-state index contributed by atoms with van der Waals surface area (Å²) in [5.41, 5.74) is 5.03. The second-order valence-electron chi connectivity index (χ2n) is 7.28. The van der Waals surface area contributed by atoms with Crippen molar-refractivity contribution in [1.82, 2.24) is 9.97 Å². The van der Waals surface area contributed by atoms with Gasteiger partial charge in [-0.25, -0.2) is 9.97 Å². The third-order valence-corrected chi connectivity index (χ3v) is 4.30. The highest BCUT2D eigenvalue weighted by molar-refractivity contribution is 6.03. The Balaban J connectivity index is 1.81. The molecule has 0 fully saturated rings. The quantitative estimate of drug-likeness (QED) is 0.606. The number of amides is 1. The monoisotopic (exact) mass is 390 g/mol. The molecule has 0 unspecified atom stereocenters. The molecule has 0 aliphatic rings. The second-order valence-corrected chi connectivity index (χ2v) is 7.28. The SMILES string of the molecule is Cc1cc(C)c(NC(=O)c2ccnc(Nc3ccccc3OC(C)C)n2)c(C)c1. The molecule has 1 heterocycles. The van der Waals surface area contributed by atoms with Crippen LogP contribution in [0.4, 0.5) is 17.3 Å². The molecule has 0 bridgehead atoms. The van der Waals surface area contributed by atoms with Crippen LogP contribution in [0.2, 0.25) is 0 Å². The smallest absolute Gasteiger partial charge is 0.274 e. The van der Waals surface area contributed by atoms with E-state index in [0.29, 0.717) is 11.7 Å². The summed E-state index contributed by atoms with van der Waals surface area (Å²) >= 11 is 0. The Bertz CT molecular complexity index is 1010. The maximum absolute atomic E-state index is 12.8. The number of anilines is 3. The molecule has 0 aliphatic heterocycles. The summed E-state index contributed by atoms with van der Waals surface area (Å²) in [4.78, 5) is 21.4. The van der Waals surface area contributed by atoms with Crippen LogP contribution in [0.25, 0.3) is 0 Å². The lowest BCUT2D eigenvalue weighted by Gasteiger charge is -2.15. The lowest BCUT2D eigenvalue weighted by Crippen LogP contribution is -2.16. The fraction of sp³-hybridized carbons (Fsp3) is 0.261. The number of hydrogen-bond acceptors (Lipinski definition) is 5. The van der Waals surface area contributed by atoms with E-state index < -0.39 is 0 Å². The number of rotatable bonds is 6. The Morgan fingerprint density at radius 1 is 1.03 bits per heavy atom. The number of aromatic nitrogens is 2. The lowest BCUT2D eigenvalue weighted by atomic mass is 10.1. The first-order valence-electron chi connectivity index (χ1n) is 9.58. The summed E-state index contributed by atoms with van der Waals surface area (Å²) in [7, 11) is 0. The predicted molar refractivity (Wildman–Crippen MR) is 116 cm³/mol. The number of carbonyl (C=O) groups excluding carboxylic acids is 1. The first-order chi connectivity index (χ1) is 13.8. The lowest BCUT2D eigenvalue weighted by molar-refractivity contribution is 0.102. The van der Waals surface area contributed by atoms with Gasteiger partial charge >= 0.3 is 0 Å². The normalized spacial score (nSPS) is 10.7. The standard InChI is InChI=1S/C23H26N4O2/c1-14(2)29-20-9-7-6-8-18(20)25-23-24-11-10-19(26-23)22(28)27-21-16(4)12-15(3)13-17(21)5/h6-14H,1-5H3,(H,27,28)(H,24,25,26). The van der Waals surface area contributed by atoms with Crippen LogP contribution < -0.4 is 15.4 Å². The minimum absolute atomic E-state index is 0.0389. The minimum atomic E-state index is -0.280. The molecular formula is C23H26N4O2. The van der Waals surface area contributed by atoms with Gasteiger partial charge in [-0.3, -0.25) is 4.79 Å². The maximum atomic E-state index is 12.8. The predicted octanol–water partition coefficient (Wildman–Crippen LogP) is 5.18. The molecule has 0 radical (unpaired) electrons. The van der Waals surface area contributed by atoms with Crippen molar-refractivity contribution in [2.24, 2.45) is 0 Å². The van der Waals surface area contributed by atoms with Crippen molar-refractivity contribution < 1.29 is 9.53 Å². The van der Waals surface area contributed by atoms with E-state index in [1.54, 1.807) is 12.3 Å². The van der Waals surface area contributed by atoms with E-state index in [9.17, 15) is 4.79 Å². The summed E-state index contributed by atoms with van der Waals surface area (Å²) in [5, 5.41) is 6.11. The van der Waals surface area contributed by atoms with Crippen molar-refractivity contribution in [3.05, 3.63) is 71.0 Å². The average molecular weight is 390 g/mol. The van der Waals surface area contributed by atoms with E-state index in [0.717, 1.165) is 28.1 Å². The Morgan fingerprint density at radius 3 is 2.41 bits per heavy atom. The van der Waals surface area contributed by atoms with Crippen LogP contribution in [-0.2, 0) is 0 Å². The number of para-hydroxylation sites is 2. The van der Waals surface area contributed by atoms with Gasteiger partial charge in [0, 0.05) is 11.9 Å². The van der Waals surface area contributed by atoms with E-state index >= 15 is 0 Å². The van der Waals surface area contributed by atoms with Crippen LogP contribution in [-0.4, -0.2) is 22.0 Å². The van der Waals surface area contributed by atoms with Gasteiger partial charge in [-0.1, -0.05) is 29.8 Å². The summed E-state index contributed by atoms with van der Waals surface area (Å²) in [5.74, 6) is 0.749. The van der Waals surface area contributed by atoms with E-state index in [2.05, 4.69) is 20.6 Å². The zero-order chi connectivity index (χ0) is 21.0. The molecular weight excluding hydrogens is 364 g/mol. The maximum Gasteiger partial charge on any atom is 0.274 e. The molecule has 0 saturated heterocycles. The molecule has 2 N–H and O–H groups in total. The Kier molecular flexibility index (Phi) is 6.12. The largest absolute Gasteiger partial charge is 0.489 e. The molecule has 6 heteroatoms. The summed E-state index contributed by atoms with van der Waals surface area (Å²) in [6, 6.07) is 13.2. The van der Waals surface area contributed by atoms with Crippen LogP contribution in [0.15, 0.2) is 48.7 Å². The molecule has 6 nitrogen and oxygen atoms in total. The molecule has 1 aromatic heterocycles. The van der Waals surface area contributed by atoms with E-state index in [1.807, 2.05) is 71.0 Å². The minimum Gasteiger partial charge on any atom is -0.489 e. The number of aryl methyl sites for hydroxylation is 3. The molecule has 29 heavy (non-hydrogen) atoms. The van der Waals surface area contributed by atoms with E-state index in [-0.39, 0.29) is 17.7 Å². The van der Waals surface area contributed by atoms with Crippen molar-refractivity contribution in [1.29, 1.82) is 0 Å². The number of nitrogens with one attached hydrogen (secondary N) is 2. The molecule has 0 aliphatic carbocycles. The van der Waals surface area contributed by atoms with Crippen molar-refractivity contribution in [2.45, 2.75) is 40.7 Å². The summed E-state index contributed by atoms with van der Waals surface area (Å²) < 4.78 is 5.81. The Labute approximate surface area is 171 Å². The zero-order valence-electron chi connectivity index (χ0n) is 17.4. The van der Waals surface area contributed by atoms with Crippen LogP contribution in [0, 0.1) is 20.8 Å². The van der Waals surface area contributed by atoms with Crippen LogP contribution in [0.3, 0.4) is 0 Å². The summed E-state index contributed by atoms with van der Waals surface area (Å²) in [6.07, 6.45) is 1.60. The first-order valence-corrected chi connectivity index (χ1v) is 9.58. The molecule has 3 aromatic rings. The van der Waals surface area contributed by atoms with Gasteiger partial charge in [0.2, 0.25) is 5.95 Å². The fourth-order valence-corrected chi connectivity index (χ4v) is 3.15. The fourth-order valence-electron chi connectivity index (χ4n) is 3.15. The van der Waals surface area contributed by atoms with Gasteiger partial charge in [-0.2, -0.15) is 0 Å². The van der Waals surface area contributed by atoms with Crippen LogP contribution >= 0.6 is 0 Å². The van der Waals surface area contributed by atoms with Gasteiger partial charge in [-0.05, 0) is 63.9 Å². The van der Waals surface area contributed by atoms with Gasteiger partial charge in [0.25, 0.3) is 5.91 Å². The molecule has 2 aromatic carbocycles. The van der Waals surface area contributed by atoms with Gasteiger partial charge in [0.1, 0.15) is 11.4 Å². The second kappa shape index (κ2) is 8.73. The first kappa shape index (κ1) is 20.3. The van der Waals surface area contributed by atoms with Gasteiger partial charge < -0.3 is 15.4 Å². The molecule has 0 spiro atoms. The summed E-state index contributed by atoms with van der Waals surface area (Å²) in [6.45, 7) is 9.93. The number of nitrogens with zero attached hydrogens (tertiary/aromatic N) is 2. The van der Waals surface area contributed by atoms with E-state index in [4.69, 9.17) is 4.74 Å². The number of benzene rings is 2. The van der Waals surface area contributed by atoms with Crippen molar-refractivity contribution in [3.63, 3.8) is 0 Å². The highest BCUT2D eigenvalue weighted by Crippen LogP contribution is 2.27. The third-order valence-electron chi connectivity index (χ3n) is 4.30. The van der Waals surface area contributed by atoms with Crippen molar-refractivity contribution in [3.8, 4) is 5.75 Å². The molecule has 0 saturated carbocycles. The van der Waals surface area contributed by atoms with Crippen LogP contribution in [0.1, 0.15) is 41.0 Å². The van der Waals surface area contributed by atoms with Crippen molar-refractivity contribution >= 4 is 23.2 Å². The molecule has 1 amide bonds. The van der Waals surface area contributed by atoms with Gasteiger partial charge in [0.05, 0.1) is 11.8 Å². The zero-order valence-corrected chi connectivity index (χ0v) is 17.4. The highest BCUT2D eigenvalue weighted by Gasteiger charge is 2.13. The molecule has 3 rings (SSSR count). The Morgan fingerprint density at radius 2 is 1.72 bits per heavy atom. The highest BCUT2D eigenvalue weighted by atomic mass is 16.5. The number of hydrogen-bond donors (Lipinski definition) is 2.